The van der Waals surface area contributed by atoms with Crippen molar-refractivity contribution < 1.29 is 63.8 Å². The average molecular weight is 868 g/mol. The number of nitrogens with one attached hydrogen (secondary N) is 1. The molecule has 1 aromatic heterocycles. The number of amides is 2. The van der Waals surface area contributed by atoms with Crippen LogP contribution in [0.4, 0.5) is 22.0 Å². The number of fused-ring (bicyclic) bond motifs is 5. The van der Waals surface area contributed by atoms with E-state index in [0.29, 0.717) is 86.7 Å². The van der Waals surface area contributed by atoms with Crippen LogP contribution in [0.15, 0.2) is 30.4 Å². The molecule has 4 heterocycles. The predicted octanol–water partition coefficient (Wildman–Crippen LogP) is 7.18. The molecule has 1 saturated heterocycles. The maximum atomic E-state index is 14.8. The second kappa shape index (κ2) is 15.5. The van der Waals surface area contributed by atoms with Gasteiger partial charge in [-0.15, -0.1) is 0 Å². The van der Waals surface area contributed by atoms with E-state index in [1.807, 2.05) is 12.2 Å². The van der Waals surface area contributed by atoms with E-state index in [1.54, 1.807) is 19.9 Å². The van der Waals surface area contributed by atoms with Gasteiger partial charge in [-0.1, -0.05) is 25.0 Å². The minimum absolute atomic E-state index is 0.0597. The number of allylic oxidation sites excluding steroid dienone is 2. The fraction of sp³-hybridized carbons (Fsp3) is 0.643. The van der Waals surface area contributed by atoms with Crippen LogP contribution < -0.4 is 14.2 Å². The summed E-state index contributed by atoms with van der Waals surface area (Å²) in [6.45, 7) is 1.46. The predicted molar refractivity (Wildman–Crippen MR) is 206 cm³/mol. The number of benzene rings is 1. The summed E-state index contributed by atoms with van der Waals surface area (Å²) in [5.41, 5.74) is -3.83. The van der Waals surface area contributed by atoms with Crippen molar-refractivity contribution in [2.24, 2.45) is 17.3 Å². The zero-order valence-electron chi connectivity index (χ0n) is 34.0. The average Bonchev–Trinajstić information content (AvgIpc) is 4.04. The Kier molecular flexibility index (Phi) is 11.3. The maximum absolute atomic E-state index is 14.8. The number of rotatable bonds is 8. The molecule has 3 aliphatic heterocycles. The molecule has 5 aliphatic rings. The fourth-order valence-corrected chi connectivity index (χ4v) is 10.2. The summed E-state index contributed by atoms with van der Waals surface area (Å²) in [5, 5.41) is 0.514. The van der Waals surface area contributed by atoms with E-state index in [2.05, 4.69) is 14.4 Å². The molecule has 2 aromatic rings. The Hall–Kier alpha value is -4.35. The van der Waals surface area contributed by atoms with Gasteiger partial charge in [0.15, 0.2) is 5.78 Å². The smallest absolute Gasteiger partial charge is 0.427 e. The Morgan fingerprint density at radius 2 is 1.82 bits per heavy atom. The van der Waals surface area contributed by atoms with E-state index >= 15 is 0 Å². The van der Waals surface area contributed by atoms with Crippen molar-refractivity contribution in [2.45, 2.75) is 146 Å². The summed E-state index contributed by atoms with van der Waals surface area (Å²) in [6, 6.07) is 3.15. The highest BCUT2D eigenvalue weighted by Gasteiger charge is 2.63. The lowest BCUT2D eigenvalue weighted by molar-refractivity contribution is -0.257. The number of nitrogens with zero attached hydrogens (tertiary/aromatic N) is 2. The summed E-state index contributed by atoms with van der Waals surface area (Å²) < 4.78 is 111. The first-order valence-corrected chi connectivity index (χ1v) is 21.9. The van der Waals surface area contributed by atoms with Crippen molar-refractivity contribution >= 4 is 44.5 Å². The number of pyridine rings is 1. The van der Waals surface area contributed by atoms with Gasteiger partial charge in [-0.2, -0.15) is 22.0 Å². The van der Waals surface area contributed by atoms with Crippen LogP contribution in [0.3, 0.4) is 0 Å². The van der Waals surface area contributed by atoms with Crippen LogP contribution in [0.25, 0.3) is 10.9 Å². The molecule has 1 aromatic carbocycles. The lowest BCUT2D eigenvalue weighted by Gasteiger charge is -2.37. The minimum Gasteiger partial charge on any atom is -0.483 e. The van der Waals surface area contributed by atoms with Gasteiger partial charge in [0.1, 0.15) is 17.1 Å². The number of ether oxygens (including phenoxy) is 3. The maximum Gasteiger partial charge on any atom is 0.427 e. The number of Topliss-reactive ketones (excluding diaryl/α,β-unsaturated/α-hetero) is 1. The number of alkyl halides is 5. The number of halogens is 5. The standard InChI is InChI=1S/C42H50F5N3O9S/c1-24-34-28(29-19-27(57-37(43)44)12-13-30(29)48-24)14-15-40(59-34)21-31-32(51)22-41(36(54)49-60(55,56)39(4)16-17-39)20-26(41)11-9-7-5-6-8-10-25(35(53)50(31)23-40)18-33(52)58-38(2,3)42(45,46)47/h9,11-13,19,25-26,31,37H,5-8,10,14-18,20-23H2,1-4H3,(H,49,54)/b11-9-/t25-,26-,31+,40-,41-/m1/s1. The highest BCUT2D eigenvalue weighted by Crippen LogP contribution is 2.58. The third-order valence-electron chi connectivity index (χ3n) is 13.1. The van der Waals surface area contributed by atoms with Gasteiger partial charge in [0.25, 0.3) is 0 Å². The second-order valence-electron chi connectivity index (χ2n) is 18.0. The molecule has 1 spiro atoms. The Morgan fingerprint density at radius 3 is 2.50 bits per heavy atom. The Balaban J connectivity index is 1.24. The molecule has 60 heavy (non-hydrogen) atoms. The highest BCUT2D eigenvalue weighted by atomic mass is 32.2. The Morgan fingerprint density at radius 1 is 1.08 bits per heavy atom. The minimum atomic E-state index is -4.89. The molecule has 0 bridgehead atoms. The Labute approximate surface area is 345 Å². The molecule has 12 nitrogen and oxygen atoms in total. The SMILES string of the molecule is Cc1nc2ccc(OC(F)F)cc2c2c1O[C@]1(CC2)C[C@H]2C(=O)C[C@]3(C(=O)NS(=O)(=O)C4(C)CC4)C[C@H]3/C=C\CCCCC[C@H](CC(=O)OC(C)(C)C(F)(F)F)C(=O)N2C1. The monoisotopic (exact) mass is 867 g/mol. The van der Waals surface area contributed by atoms with Gasteiger partial charge in [-0.25, -0.2) is 13.4 Å². The van der Waals surface area contributed by atoms with Gasteiger partial charge >= 0.3 is 18.8 Å². The second-order valence-corrected chi connectivity index (χ2v) is 20.2. The number of aryl methyl sites for hydroxylation is 2. The number of carbonyl (C=O) groups is 4. The number of esters is 1. The largest absolute Gasteiger partial charge is 0.483 e. The highest BCUT2D eigenvalue weighted by molar-refractivity contribution is 7.91. The van der Waals surface area contributed by atoms with Crippen molar-refractivity contribution in [3.8, 4) is 11.5 Å². The van der Waals surface area contributed by atoms with Gasteiger partial charge in [0, 0.05) is 29.7 Å². The van der Waals surface area contributed by atoms with E-state index in [0.717, 1.165) is 0 Å². The van der Waals surface area contributed by atoms with Crippen LogP contribution in [0, 0.1) is 24.2 Å². The summed E-state index contributed by atoms with van der Waals surface area (Å²) in [6.07, 6.45) is 1.57. The van der Waals surface area contributed by atoms with Crippen molar-refractivity contribution in [3.05, 3.63) is 41.6 Å². The number of ketones is 1. The van der Waals surface area contributed by atoms with Crippen LogP contribution in [0.1, 0.15) is 109 Å². The number of hydrogen-bond acceptors (Lipinski definition) is 10. The van der Waals surface area contributed by atoms with Crippen molar-refractivity contribution in [1.82, 2.24) is 14.6 Å². The molecule has 2 amide bonds. The van der Waals surface area contributed by atoms with Crippen LogP contribution in [-0.4, -0.2) is 83.2 Å². The zero-order chi connectivity index (χ0) is 43.6. The molecule has 0 unspecified atom stereocenters. The first-order valence-electron chi connectivity index (χ1n) is 20.4. The van der Waals surface area contributed by atoms with Gasteiger partial charge in [-0.05, 0) is 103 Å². The molecule has 2 saturated carbocycles. The van der Waals surface area contributed by atoms with Crippen molar-refractivity contribution in [3.63, 3.8) is 0 Å². The van der Waals surface area contributed by atoms with Crippen molar-refractivity contribution in [1.29, 1.82) is 0 Å². The summed E-state index contributed by atoms with van der Waals surface area (Å²) in [5.74, 6) is -4.59. The first kappa shape index (κ1) is 43.7. The summed E-state index contributed by atoms with van der Waals surface area (Å²) >= 11 is 0. The van der Waals surface area contributed by atoms with Crippen LogP contribution in [0.5, 0.6) is 11.5 Å². The topological polar surface area (TPSA) is 158 Å². The fourth-order valence-electron chi connectivity index (χ4n) is 8.90. The first-order chi connectivity index (χ1) is 28.0. The van der Waals surface area contributed by atoms with Crippen LogP contribution >= 0.6 is 0 Å². The molecular weight excluding hydrogens is 818 g/mol. The van der Waals surface area contributed by atoms with Gasteiger partial charge in [-0.3, -0.25) is 23.9 Å². The van der Waals surface area contributed by atoms with E-state index in [9.17, 15) is 49.5 Å². The zero-order valence-corrected chi connectivity index (χ0v) is 34.8. The summed E-state index contributed by atoms with van der Waals surface area (Å²) in [7, 11) is -4.06. The number of hydrogen-bond donors (Lipinski definition) is 1. The lowest BCUT2D eigenvalue weighted by atomic mass is 9.85. The third kappa shape index (κ3) is 8.45. The van der Waals surface area contributed by atoms with Gasteiger partial charge in [0.05, 0.1) is 40.4 Å². The molecule has 7 rings (SSSR count). The molecule has 1 N–H and O–H groups in total. The van der Waals surface area contributed by atoms with Crippen molar-refractivity contribution in [2.75, 3.05) is 6.54 Å². The van der Waals surface area contributed by atoms with Gasteiger partial charge < -0.3 is 19.1 Å². The number of sulfonamides is 1. The molecular formula is C42H50F5N3O9S. The number of carbonyl (C=O) groups excluding carboxylic acids is 4. The normalized spacial score (nSPS) is 28.8. The van der Waals surface area contributed by atoms with E-state index in [-0.39, 0.29) is 38.0 Å². The molecule has 328 valence electrons. The quantitative estimate of drug-likeness (QED) is 0.164. The van der Waals surface area contributed by atoms with Crippen LogP contribution in [-0.2, 0) is 40.4 Å². The molecule has 18 heteroatoms. The lowest BCUT2D eigenvalue weighted by Crippen LogP contribution is -2.48. The Bertz CT molecular complexity index is 2230. The molecule has 3 fully saturated rings. The van der Waals surface area contributed by atoms with E-state index < -0.39 is 98.5 Å². The summed E-state index contributed by atoms with van der Waals surface area (Å²) in [4.78, 5) is 62.6. The van der Waals surface area contributed by atoms with Gasteiger partial charge in [0.2, 0.25) is 27.4 Å². The number of aromatic nitrogens is 1. The van der Waals surface area contributed by atoms with E-state index in [1.165, 1.54) is 17.0 Å². The molecule has 2 aliphatic carbocycles. The van der Waals surface area contributed by atoms with Crippen LogP contribution in [0.2, 0.25) is 0 Å². The molecule has 5 atom stereocenters. The molecule has 0 radical (unpaired) electrons. The van der Waals surface area contributed by atoms with E-state index in [4.69, 9.17) is 9.47 Å². The third-order valence-corrected chi connectivity index (χ3v) is 15.3.